The van der Waals surface area contributed by atoms with Crippen LogP contribution in [0.15, 0.2) is 34.9 Å². The minimum Gasteiger partial charge on any atom is -0.307 e. The lowest BCUT2D eigenvalue weighted by molar-refractivity contribution is 0.426. The predicted molar refractivity (Wildman–Crippen MR) is 85.7 cm³/mol. The van der Waals surface area contributed by atoms with Crippen molar-refractivity contribution in [2.45, 2.75) is 39.3 Å². The molecule has 2 rings (SSSR count). The van der Waals surface area contributed by atoms with Crippen LogP contribution in [0.2, 0.25) is 0 Å². The van der Waals surface area contributed by atoms with Crippen LogP contribution in [0.25, 0.3) is 0 Å². The average Bonchev–Trinajstić information content (AvgIpc) is 2.77. The lowest BCUT2D eigenvalue weighted by Crippen LogP contribution is -2.34. The second-order valence-electron chi connectivity index (χ2n) is 5.63. The van der Waals surface area contributed by atoms with Crippen LogP contribution in [-0.2, 0) is 13.0 Å². The van der Waals surface area contributed by atoms with Gasteiger partial charge in [-0.2, -0.15) is 0 Å². The largest absolute Gasteiger partial charge is 0.307 e. The van der Waals surface area contributed by atoms with Gasteiger partial charge in [-0.05, 0) is 38.5 Å². The first-order valence-electron chi connectivity index (χ1n) is 6.35. The molecule has 0 unspecified atom stereocenters. The van der Waals surface area contributed by atoms with E-state index in [1.807, 2.05) is 6.20 Å². The van der Waals surface area contributed by atoms with E-state index in [1.54, 1.807) is 11.3 Å². The number of aromatic nitrogens is 1. The molecule has 0 radical (unpaired) electrons. The first kappa shape index (κ1) is 14.7. The molecule has 0 fully saturated rings. The van der Waals surface area contributed by atoms with Crippen LogP contribution in [0.3, 0.4) is 0 Å². The molecule has 0 aliphatic carbocycles. The molecule has 19 heavy (non-hydrogen) atoms. The zero-order chi connectivity index (χ0) is 13.9. The molecule has 0 saturated carbocycles. The molecule has 0 aliphatic heterocycles. The fourth-order valence-corrected chi connectivity index (χ4v) is 2.80. The Hall–Kier alpha value is -0.710. The van der Waals surface area contributed by atoms with E-state index in [4.69, 9.17) is 0 Å². The van der Waals surface area contributed by atoms with Gasteiger partial charge in [0.25, 0.3) is 0 Å². The fraction of sp³-hybridized carbons (Fsp3) is 0.400. The predicted octanol–water partition coefficient (Wildman–Crippen LogP) is 4.38. The van der Waals surface area contributed by atoms with Crippen LogP contribution < -0.4 is 5.32 Å². The first-order valence-corrected chi connectivity index (χ1v) is 7.96. The Morgan fingerprint density at radius 3 is 2.53 bits per heavy atom. The quantitative estimate of drug-likeness (QED) is 0.894. The van der Waals surface area contributed by atoms with E-state index in [0.717, 1.165) is 17.4 Å². The van der Waals surface area contributed by atoms with Gasteiger partial charge in [-0.3, -0.25) is 0 Å². The molecule has 1 aromatic carbocycles. The highest BCUT2D eigenvalue weighted by Gasteiger charge is 2.10. The Kier molecular flexibility index (Phi) is 4.76. The summed E-state index contributed by atoms with van der Waals surface area (Å²) in [5, 5.41) is 4.66. The van der Waals surface area contributed by atoms with Crippen molar-refractivity contribution in [1.82, 2.24) is 10.3 Å². The summed E-state index contributed by atoms with van der Waals surface area (Å²) in [5.74, 6) is 0. The van der Waals surface area contributed by atoms with Crippen LogP contribution in [0, 0.1) is 0 Å². The molecule has 2 aromatic rings. The molecular formula is C15H19BrN2S. The van der Waals surface area contributed by atoms with E-state index in [-0.39, 0.29) is 5.54 Å². The zero-order valence-electron chi connectivity index (χ0n) is 11.5. The molecule has 1 N–H and O–H groups in total. The summed E-state index contributed by atoms with van der Waals surface area (Å²) in [6.07, 6.45) is 2.89. The molecular weight excluding hydrogens is 320 g/mol. The molecule has 0 bridgehead atoms. The summed E-state index contributed by atoms with van der Waals surface area (Å²) in [6, 6.07) is 8.42. The number of hydrogen-bond donors (Lipinski definition) is 1. The maximum atomic E-state index is 4.50. The van der Waals surface area contributed by atoms with Crippen molar-refractivity contribution in [3.05, 3.63) is 50.4 Å². The summed E-state index contributed by atoms with van der Waals surface area (Å²) in [4.78, 5) is 5.79. The monoisotopic (exact) mass is 338 g/mol. The van der Waals surface area contributed by atoms with Crippen molar-refractivity contribution in [1.29, 1.82) is 0 Å². The van der Waals surface area contributed by atoms with Crippen LogP contribution in [0.4, 0.5) is 0 Å². The minimum absolute atomic E-state index is 0.149. The van der Waals surface area contributed by atoms with Gasteiger partial charge in [0.15, 0.2) is 0 Å². The van der Waals surface area contributed by atoms with Crippen LogP contribution in [-0.4, -0.2) is 10.5 Å². The highest BCUT2D eigenvalue weighted by molar-refractivity contribution is 9.10. The van der Waals surface area contributed by atoms with E-state index < -0.39 is 0 Å². The molecule has 0 atom stereocenters. The fourth-order valence-electron chi connectivity index (χ4n) is 1.64. The third-order valence-corrected chi connectivity index (χ3v) is 4.19. The third kappa shape index (κ3) is 5.05. The third-order valence-electron chi connectivity index (χ3n) is 2.66. The van der Waals surface area contributed by atoms with Crippen molar-refractivity contribution in [2.75, 3.05) is 0 Å². The Labute approximate surface area is 127 Å². The topological polar surface area (TPSA) is 24.9 Å². The van der Waals surface area contributed by atoms with Gasteiger partial charge in [0, 0.05) is 34.1 Å². The maximum absolute atomic E-state index is 4.50. The number of nitrogens with zero attached hydrogens (tertiary/aromatic N) is 1. The van der Waals surface area contributed by atoms with Crippen molar-refractivity contribution in [3.63, 3.8) is 0 Å². The van der Waals surface area contributed by atoms with E-state index in [0.29, 0.717) is 0 Å². The highest BCUT2D eigenvalue weighted by atomic mass is 79.9. The van der Waals surface area contributed by atoms with Crippen molar-refractivity contribution in [3.8, 4) is 0 Å². The molecule has 102 valence electrons. The van der Waals surface area contributed by atoms with Gasteiger partial charge in [0.2, 0.25) is 0 Å². The van der Waals surface area contributed by atoms with E-state index >= 15 is 0 Å². The number of halogens is 1. The summed E-state index contributed by atoms with van der Waals surface area (Å²) in [7, 11) is 0. The van der Waals surface area contributed by atoms with Crippen LogP contribution in [0.1, 0.15) is 36.2 Å². The molecule has 0 aliphatic rings. The molecule has 1 aromatic heterocycles. The first-order chi connectivity index (χ1) is 8.92. The molecule has 1 heterocycles. The Morgan fingerprint density at radius 2 is 1.89 bits per heavy atom. The Balaban J connectivity index is 1.95. The van der Waals surface area contributed by atoms with E-state index in [9.17, 15) is 0 Å². The Bertz CT molecular complexity index is 526. The number of hydrogen-bond acceptors (Lipinski definition) is 3. The Morgan fingerprint density at radius 1 is 1.21 bits per heavy atom. The molecule has 0 spiro atoms. The number of benzene rings is 1. The van der Waals surface area contributed by atoms with Crippen molar-refractivity contribution in [2.24, 2.45) is 0 Å². The van der Waals surface area contributed by atoms with Gasteiger partial charge in [-0.15, -0.1) is 11.3 Å². The van der Waals surface area contributed by atoms with Gasteiger partial charge < -0.3 is 5.32 Å². The molecule has 4 heteroatoms. The van der Waals surface area contributed by atoms with Crippen molar-refractivity contribution >= 4 is 27.3 Å². The standard InChI is InChI=1S/C15H19BrN2S/c1-15(2,3)18-10-13-9-17-14(19-13)8-11-4-6-12(16)7-5-11/h4-7,9,18H,8,10H2,1-3H3. The maximum Gasteiger partial charge on any atom is 0.0971 e. The summed E-state index contributed by atoms with van der Waals surface area (Å²) < 4.78 is 1.12. The number of thiazole rings is 1. The minimum atomic E-state index is 0.149. The molecule has 0 saturated heterocycles. The zero-order valence-corrected chi connectivity index (χ0v) is 13.9. The lowest BCUT2D eigenvalue weighted by atomic mass is 10.1. The van der Waals surface area contributed by atoms with Gasteiger partial charge in [-0.1, -0.05) is 28.1 Å². The smallest absolute Gasteiger partial charge is 0.0971 e. The van der Waals surface area contributed by atoms with Gasteiger partial charge in [0.1, 0.15) is 0 Å². The van der Waals surface area contributed by atoms with Gasteiger partial charge in [0.05, 0.1) is 5.01 Å². The number of nitrogens with one attached hydrogen (secondary N) is 1. The highest BCUT2D eigenvalue weighted by Crippen LogP contribution is 2.19. The van der Waals surface area contributed by atoms with E-state index in [1.165, 1.54) is 15.4 Å². The second-order valence-corrected chi connectivity index (χ2v) is 7.74. The lowest BCUT2D eigenvalue weighted by Gasteiger charge is -2.19. The SMILES string of the molecule is CC(C)(C)NCc1cnc(Cc2ccc(Br)cc2)s1. The molecule has 2 nitrogen and oxygen atoms in total. The normalized spacial score (nSPS) is 11.8. The van der Waals surface area contributed by atoms with Crippen LogP contribution in [0.5, 0.6) is 0 Å². The van der Waals surface area contributed by atoms with Crippen molar-refractivity contribution < 1.29 is 0 Å². The average molecular weight is 339 g/mol. The summed E-state index contributed by atoms with van der Waals surface area (Å²) in [6.45, 7) is 7.42. The van der Waals surface area contributed by atoms with Crippen LogP contribution >= 0.6 is 27.3 Å². The van der Waals surface area contributed by atoms with Gasteiger partial charge in [-0.25, -0.2) is 4.98 Å². The van der Waals surface area contributed by atoms with Gasteiger partial charge >= 0.3 is 0 Å². The summed E-state index contributed by atoms with van der Waals surface area (Å²) in [5.41, 5.74) is 1.45. The second kappa shape index (κ2) is 6.16. The summed E-state index contributed by atoms with van der Waals surface area (Å²) >= 11 is 5.24. The van der Waals surface area contributed by atoms with E-state index in [2.05, 4.69) is 71.3 Å². The number of rotatable bonds is 4. The molecule has 0 amide bonds.